The minimum Gasteiger partial charge on any atom is -0.490 e. The molecule has 1 aromatic heterocycles. The normalized spacial score (nSPS) is 10.2. The van der Waals surface area contributed by atoms with E-state index in [1.54, 1.807) is 12.3 Å². The molecule has 0 saturated carbocycles. The molecule has 0 fully saturated rings. The van der Waals surface area contributed by atoms with Crippen molar-refractivity contribution in [2.45, 2.75) is 39.5 Å². The van der Waals surface area contributed by atoms with Crippen LogP contribution in [-0.4, -0.2) is 11.6 Å². The SMILES string of the molecule is CCCCCOc1ccc(C#Cc2ccc(CC)cn2)c(F)c1F. The average molecular weight is 329 g/mol. The van der Waals surface area contributed by atoms with Crippen LogP contribution in [0.4, 0.5) is 8.78 Å². The maximum Gasteiger partial charge on any atom is 0.201 e. The van der Waals surface area contributed by atoms with Gasteiger partial charge in [-0.15, -0.1) is 0 Å². The molecule has 2 rings (SSSR count). The zero-order chi connectivity index (χ0) is 17.4. The van der Waals surface area contributed by atoms with Crippen LogP contribution in [0.25, 0.3) is 0 Å². The summed E-state index contributed by atoms with van der Waals surface area (Å²) in [5.74, 6) is 3.33. The van der Waals surface area contributed by atoms with E-state index >= 15 is 0 Å². The fraction of sp³-hybridized carbons (Fsp3) is 0.350. The second kappa shape index (κ2) is 9.02. The van der Waals surface area contributed by atoms with E-state index in [0.717, 1.165) is 31.2 Å². The number of unbranched alkanes of at least 4 members (excludes halogenated alkanes) is 2. The topological polar surface area (TPSA) is 22.1 Å². The van der Waals surface area contributed by atoms with E-state index in [0.29, 0.717) is 12.3 Å². The van der Waals surface area contributed by atoms with E-state index in [4.69, 9.17) is 4.74 Å². The molecule has 1 aromatic carbocycles. The summed E-state index contributed by atoms with van der Waals surface area (Å²) in [7, 11) is 0. The molecule has 4 heteroatoms. The van der Waals surface area contributed by atoms with Gasteiger partial charge in [-0.1, -0.05) is 38.7 Å². The van der Waals surface area contributed by atoms with Crippen molar-refractivity contribution < 1.29 is 13.5 Å². The van der Waals surface area contributed by atoms with Gasteiger partial charge in [-0.05, 0) is 42.5 Å². The van der Waals surface area contributed by atoms with Crippen molar-refractivity contribution in [1.82, 2.24) is 4.98 Å². The summed E-state index contributed by atoms with van der Waals surface area (Å²) in [6.45, 7) is 4.48. The minimum absolute atomic E-state index is 0.00484. The average Bonchev–Trinajstić information content (AvgIpc) is 2.62. The molecular formula is C20H21F2NO. The van der Waals surface area contributed by atoms with E-state index < -0.39 is 11.6 Å². The molecule has 0 aliphatic heterocycles. The van der Waals surface area contributed by atoms with Gasteiger partial charge in [-0.2, -0.15) is 4.39 Å². The first kappa shape index (κ1) is 17.9. The Morgan fingerprint density at radius 2 is 1.83 bits per heavy atom. The zero-order valence-corrected chi connectivity index (χ0v) is 14.0. The summed E-state index contributed by atoms with van der Waals surface area (Å²) in [6.07, 6.45) is 5.48. The number of ether oxygens (including phenoxy) is 1. The van der Waals surface area contributed by atoms with Gasteiger partial charge in [0.15, 0.2) is 11.6 Å². The zero-order valence-electron chi connectivity index (χ0n) is 14.0. The van der Waals surface area contributed by atoms with Crippen LogP contribution in [0.15, 0.2) is 30.5 Å². The molecule has 126 valence electrons. The molecule has 0 atom stereocenters. The molecule has 0 saturated heterocycles. The highest BCUT2D eigenvalue weighted by atomic mass is 19.2. The predicted molar refractivity (Wildman–Crippen MR) is 91.0 cm³/mol. The van der Waals surface area contributed by atoms with Crippen LogP contribution < -0.4 is 4.74 Å². The monoisotopic (exact) mass is 329 g/mol. The fourth-order valence-electron chi connectivity index (χ4n) is 2.11. The predicted octanol–water partition coefficient (Wildman–Crippen LogP) is 4.89. The Hall–Kier alpha value is -2.41. The van der Waals surface area contributed by atoms with Crippen molar-refractivity contribution in [3.8, 4) is 17.6 Å². The van der Waals surface area contributed by atoms with Crippen molar-refractivity contribution in [2.24, 2.45) is 0 Å². The lowest BCUT2D eigenvalue weighted by molar-refractivity contribution is 0.286. The molecular weight excluding hydrogens is 308 g/mol. The van der Waals surface area contributed by atoms with Gasteiger partial charge in [0.1, 0.15) is 5.69 Å². The standard InChI is InChI=1S/C20H21F2NO/c1-3-5-6-13-24-18-12-9-16(19(21)20(18)22)8-11-17-10-7-15(4-2)14-23-17/h7,9-10,12,14H,3-6,13H2,1-2H3. The first-order valence-electron chi connectivity index (χ1n) is 8.23. The maximum absolute atomic E-state index is 14.1. The molecule has 0 bridgehead atoms. The van der Waals surface area contributed by atoms with Gasteiger partial charge < -0.3 is 4.74 Å². The van der Waals surface area contributed by atoms with Gasteiger partial charge in [0.05, 0.1) is 12.2 Å². The number of halogens is 2. The highest BCUT2D eigenvalue weighted by Gasteiger charge is 2.13. The van der Waals surface area contributed by atoms with Gasteiger partial charge in [0.25, 0.3) is 0 Å². The van der Waals surface area contributed by atoms with E-state index in [2.05, 4.69) is 23.7 Å². The molecule has 2 aromatic rings. The van der Waals surface area contributed by atoms with E-state index in [9.17, 15) is 8.78 Å². The van der Waals surface area contributed by atoms with Crippen LogP contribution in [0.5, 0.6) is 5.75 Å². The smallest absolute Gasteiger partial charge is 0.201 e. The van der Waals surface area contributed by atoms with Crippen LogP contribution in [0, 0.1) is 23.5 Å². The molecule has 0 N–H and O–H groups in total. The summed E-state index contributed by atoms with van der Waals surface area (Å²) >= 11 is 0. The number of rotatable bonds is 6. The third-order valence-corrected chi connectivity index (χ3v) is 3.61. The van der Waals surface area contributed by atoms with E-state index in [1.807, 2.05) is 13.0 Å². The van der Waals surface area contributed by atoms with Gasteiger partial charge >= 0.3 is 0 Å². The maximum atomic E-state index is 14.1. The summed E-state index contributed by atoms with van der Waals surface area (Å²) in [4.78, 5) is 4.18. The van der Waals surface area contributed by atoms with Gasteiger partial charge in [-0.25, -0.2) is 9.37 Å². The number of nitrogens with zero attached hydrogens (tertiary/aromatic N) is 1. The van der Waals surface area contributed by atoms with Gasteiger partial charge in [0, 0.05) is 6.20 Å². The lowest BCUT2D eigenvalue weighted by atomic mass is 10.1. The Bertz CT molecular complexity index is 730. The van der Waals surface area contributed by atoms with Crippen molar-refractivity contribution >= 4 is 0 Å². The second-order valence-corrected chi connectivity index (χ2v) is 5.45. The first-order chi connectivity index (χ1) is 11.7. The van der Waals surface area contributed by atoms with Crippen LogP contribution >= 0.6 is 0 Å². The number of pyridine rings is 1. The summed E-state index contributed by atoms with van der Waals surface area (Å²) < 4.78 is 33.4. The fourth-order valence-corrected chi connectivity index (χ4v) is 2.11. The van der Waals surface area contributed by atoms with Crippen LogP contribution in [0.1, 0.15) is 49.9 Å². The van der Waals surface area contributed by atoms with Gasteiger partial charge in [-0.3, -0.25) is 0 Å². The lowest BCUT2D eigenvalue weighted by Gasteiger charge is -2.08. The summed E-state index contributed by atoms with van der Waals surface area (Å²) in [6, 6.07) is 6.54. The lowest BCUT2D eigenvalue weighted by Crippen LogP contribution is -2.01. The molecule has 0 spiro atoms. The van der Waals surface area contributed by atoms with Crippen molar-refractivity contribution in [2.75, 3.05) is 6.61 Å². The molecule has 0 radical (unpaired) electrons. The van der Waals surface area contributed by atoms with Crippen LogP contribution in [0.2, 0.25) is 0 Å². The summed E-state index contributed by atoms with van der Waals surface area (Å²) in [5.41, 5.74) is 1.61. The van der Waals surface area contributed by atoms with Crippen molar-refractivity contribution in [3.63, 3.8) is 0 Å². The second-order valence-electron chi connectivity index (χ2n) is 5.45. The number of aryl methyl sites for hydroxylation is 1. The van der Waals surface area contributed by atoms with E-state index in [1.165, 1.54) is 12.1 Å². The quantitative estimate of drug-likeness (QED) is 0.556. The van der Waals surface area contributed by atoms with Gasteiger partial charge in [0.2, 0.25) is 5.82 Å². The van der Waals surface area contributed by atoms with Crippen LogP contribution in [0.3, 0.4) is 0 Å². The number of hydrogen-bond acceptors (Lipinski definition) is 2. The number of benzene rings is 1. The minimum atomic E-state index is -0.993. The largest absolute Gasteiger partial charge is 0.490 e. The third-order valence-electron chi connectivity index (χ3n) is 3.61. The summed E-state index contributed by atoms with van der Waals surface area (Å²) in [5, 5.41) is 0. The molecule has 24 heavy (non-hydrogen) atoms. The Kier molecular flexibility index (Phi) is 6.74. The Morgan fingerprint density at radius 3 is 2.50 bits per heavy atom. The van der Waals surface area contributed by atoms with E-state index in [-0.39, 0.29) is 11.3 Å². The number of hydrogen-bond donors (Lipinski definition) is 0. The Balaban J connectivity index is 2.11. The molecule has 0 unspecified atom stereocenters. The number of aromatic nitrogens is 1. The Morgan fingerprint density at radius 1 is 1.00 bits per heavy atom. The first-order valence-corrected chi connectivity index (χ1v) is 8.23. The highest BCUT2D eigenvalue weighted by Crippen LogP contribution is 2.22. The third kappa shape index (κ3) is 4.79. The van der Waals surface area contributed by atoms with Crippen molar-refractivity contribution in [3.05, 3.63) is 58.9 Å². The Labute approximate surface area is 141 Å². The highest BCUT2D eigenvalue weighted by molar-refractivity contribution is 5.44. The van der Waals surface area contributed by atoms with Crippen LogP contribution in [-0.2, 0) is 6.42 Å². The molecule has 2 nitrogen and oxygen atoms in total. The molecule has 0 amide bonds. The molecule has 1 heterocycles. The van der Waals surface area contributed by atoms with Crippen molar-refractivity contribution in [1.29, 1.82) is 0 Å². The molecule has 0 aliphatic carbocycles. The molecule has 0 aliphatic rings.